The molecule has 2 aliphatic rings. The lowest BCUT2D eigenvalue weighted by Gasteiger charge is -2.27. The van der Waals surface area contributed by atoms with Crippen LogP contribution in [-0.4, -0.2) is 41.6 Å². The lowest BCUT2D eigenvalue weighted by molar-refractivity contribution is -0.116. The Bertz CT molecular complexity index is 893. The number of hydrogen-bond acceptors (Lipinski definition) is 4. The number of anilines is 2. The van der Waals surface area contributed by atoms with E-state index >= 15 is 0 Å². The maximum atomic E-state index is 12.6. The second-order valence-electron chi connectivity index (χ2n) is 7.39. The average Bonchev–Trinajstić information content (AvgIpc) is 3.23. The van der Waals surface area contributed by atoms with E-state index in [0.717, 1.165) is 37.4 Å². The predicted molar refractivity (Wildman–Crippen MR) is 115 cm³/mol. The number of amides is 2. The Morgan fingerprint density at radius 2 is 1.93 bits per heavy atom. The van der Waals surface area contributed by atoms with Crippen LogP contribution in [0.1, 0.15) is 34.3 Å². The van der Waals surface area contributed by atoms with Crippen molar-refractivity contribution in [3.63, 3.8) is 0 Å². The first-order chi connectivity index (χ1) is 13.6. The second-order valence-corrected chi connectivity index (χ2v) is 8.42. The molecule has 2 amide bonds. The molecule has 0 radical (unpaired) electrons. The second kappa shape index (κ2) is 8.27. The molecule has 28 heavy (non-hydrogen) atoms. The van der Waals surface area contributed by atoms with Crippen molar-refractivity contribution in [1.82, 2.24) is 4.90 Å². The maximum Gasteiger partial charge on any atom is 0.253 e. The molecule has 146 valence electrons. The van der Waals surface area contributed by atoms with Gasteiger partial charge in [-0.2, -0.15) is 11.8 Å². The summed E-state index contributed by atoms with van der Waals surface area (Å²) >= 11 is 1.75. The smallest absolute Gasteiger partial charge is 0.253 e. The van der Waals surface area contributed by atoms with Crippen LogP contribution in [0.4, 0.5) is 11.4 Å². The van der Waals surface area contributed by atoms with Crippen LogP contribution in [0.15, 0.2) is 42.5 Å². The molecule has 5 nitrogen and oxygen atoms in total. The van der Waals surface area contributed by atoms with E-state index < -0.39 is 0 Å². The number of nitrogens with one attached hydrogen (secondary N) is 2. The van der Waals surface area contributed by atoms with Gasteiger partial charge in [0.2, 0.25) is 5.91 Å². The van der Waals surface area contributed by atoms with Crippen molar-refractivity contribution in [2.75, 3.05) is 29.5 Å². The molecule has 0 aliphatic carbocycles. The van der Waals surface area contributed by atoms with Crippen molar-refractivity contribution in [3.8, 4) is 0 Å². The highest BCUT2D eigenvalue weighted by Crippen LogP contribution is 2.30. The van der Waals surface area contributed by atoms with Gasteiger partial charge in [-0.15, -0.1) is 0 Å². The molecular weight excluding hydrogens is 370 g/mol. The van der Waals surface area contributed by atoms with Gasteiger partial charge in [0, 0.05) is 30.2 Å². The largest absolute Gasteiger partial charge is 0.371 e. The summed E-state index contributed by atoms with van der Waals surface area (Å²) in [5, 5.41) is 6.30. The highest BCUT2D eigenvalue weighted by molar-refractivity contribution is 7.98. The number of aryl methyl sites for hydroxylation is 1. The Balaban J connectivity index is 1.39. The summed E-state index contributed by atoms with van der Waals surface area (Å²) in [5.41, 5.74) is 4.77. The Labute approximate surface area is 169 Å². The fourth-order valence-electron chi connectivity index (χ4n) is 3.66. The fraction of sp³-hybridized carbons (Fsp3) is 0.364. The standard InChI is InChI=1S/C22H25N3O2S/c1-15-6-2-3-7-17(15)13-28-14-20-21(26)24-19-12-16(8-9-18(19)23-20)22(27)25-10-4-5-11-25/h2-3,6-9,12,20,23H,4-5,10-11,13-14H2,1H3,(H,24,26). The average molecular weight is 396 g/mol. The van der Waals surface area contributed by atoms with Gasteiger partial charge in [0.15, 0.2) is 0 Å². The summed E-state index contributed by atoms with van der Waals surface area (Å²) in [7, 11) is 0. The number of carbonyl (C=O) groups excluding carboxylic acids is 2. The Morgan fingerprint density at radius 3 is 2.71 bits per heavy atom. The van der Waals surface area contributed by atoms with Crippen molar-refractivity contribution in [3.05, 3.63) is 59.2 Å². The molecule has 1 unspecified atom stereocenters. The number of carbonyl (C=O) groups is 2. The Hall–Kier alpha value is -2.47. The first kappa shape index (κ1) is 18.9. The van der Waals surface area contributed by atoms with Gasteiger partial charge < -0.3 is 15.5 Å². The third-order valence-corrected chi connectivity index (χ3v) is 6.45. The normalized spacial score (nSPS) is 18.4. The third kappa shape index (κ3) is 4.02. The Kier molecular flexibility index (Phi) is 5.57. The maximum absolute atomic E-state index is 12.6. The van der Waals surface area contributed by atoms with Crippen LogP contribution >= 0.6 is 11.8 Å². The van der Waals surface area contributed by atoms with Crippen LogP contribution in [0.25, 0.3) is 0 Å². The number of nitrogens with zero attached hydrogens (tertiary/aromatic N) is 1. The minimum atomic E-state index is -0.276. The van der Waals surface area contributed by atoms with Gasteiger partial charge in [-0.25, -0.2) is 0 Å². The molecule has 2 aromatic carbocycles. The first-order valence-corrected chi connectivity index (χ1v) is 10.9. The minimum Gasteiger partial charge on any atom is -0.371 e. The molecule has 1 saturated heterocycles. The zero-order chi connectivity index (χ0) is 19.5. The lowest BCUT2D eigenvalue weighted by Crippen LogP contribution is -2.40. The van der Waals surface area contributed by atoms with Gasteiger partial charge in [-0.05, 0) is 49.1 Å². The van der Waals surface area contributed by atoms with Crippen molar-refractivity contribution in [2.24, 2.45) is 0 Å². The molecule has 6 heteroatoms. The highest BCUT2D eigenvalue weighted by atomic mass is 32.2. The zero-order valence-corrected chi connectivity index (χ0v) is 16.8. The van der Waals surface area contributed by atoms with Gasteiger partial charge in [0.25, 0.3) is 5.91 Å². The van der Waals surface area contributed by atoms with Gasteiger partial charge in [0.1, 0.15) is 6.04 Å². The summed E-state index contributed by atoms with van der Waals surface area (Å²) < 4.78 is 0. The third-order valence-electron chi connectivity index (χ3n) is 5.37. The Morgan fingerprint density at radius 1 is 1.14 bits per heavy atom. The molecule has 0 bridgehead atoms. The highest BCUT2D eigenvalue weighted by Gasteiger charge is 2.27. The van der Waals surface area contributed by atoms with E-state index in [9.17, 15) is 9.59 Å². The van der Waals surface area contributed by atoms with E-state index in [1.165, 1.54) is 11.1 Å². The summed E-state index contributed by atoms with van der Waals surface area (Å²) in [6.45, 7) is 3.75. The van der Waals surface area contributed by atoms with E-state index in [-0.39, 0.29) is 17.9 Å². The molecule has 4 rings (SSSR count). The predicted octanol–water partition coefficient (Wildman–Crippen LogP) is 3.90. The van der Waals surface area contributed by atoms with Gasteiger partial charge in [-0.1, -0.05) is 24.3 Å². The van der Waals surface area contributed by atoms with E-state index in [2.05, 4.69) is 29.7 Å². The van der Waals surface area contributed by atoms with Crippen LogP contribution in [0, 0.1) is 6.92 Å². The van der Waals surface area contributed by atoms with Crippen molar-refractivity contribution in [2.45, 2.75) is 31.6 Å². The van der Waals surface area contributed by atoms with Gasteiger partial charge in [0.05, 0.1) is 11.4 Å². The van der Waals surface area contributed by atoms with E-state index in [1.54, 1.807) is 17.8 Å². The molecule has 1 atom stereocenters. The van der Waals surface area contributed by atoms with Crippen LogP contribution in [0.5, 0.6) is 0 Å². The van der Waals surface area contributed by atoms with Crippen LogP contribution in [-0.2, 0) is 10.5 Å². The molecule has 2 aromatic rings. The van der Waals surface area contributed by atoms with E-state index in [0.29, 0.717) is 17.0 Å². The molecule has 0 aromatic heterocycles. The lowest BCUT2D eigenvalue weighted by atomic mass is 10.1. The molecule has 1 fully saturated rings. The van der Waals surface area contributed by atoms with Crippen LogP contribution < -0.4 is 10.6 Å². The summed E-state index contributed by atoms with van der Waals surface area (Å²) in [5.74, 6) is 1.57. The first-order valence-electron chi connectivity index (χ1n) is 9.75. The molecule has 2 heterocycles. The number of hydrogen-bond donors (Lipinski definition) is 2. The van der Waals surface area contributed by atoms with E-state index in [4.69, 9.17) is 0 Å². The van der Waals surface area contributed by atoms with Crippen LogP contribution in [0.2, 0.25) is 0 Å². The molecular formula is C22H25N3O2S. The van der Waals surface area contributed by atoms with Gasteiger partial charge in [-0.3, -0.25) is 9.59 Å². The van der Waals surface area contributed by atoms with Gasteiger partial charge >= 0.3 is 0 Å². The fourth-order valence-corrected chi connectivity index (χ4v) is 4.79. The number of thioether (sulfide) groups is 1. The SMILES string of the molecule is Cc1ccccc1CSCC1Nc2ccc(C(=O)N3CCCC3)cc2NC1=O. The van der Waals surface area contributed by atoms with Crippen LogP contribution in [0.3, 0.4) is 0 Å². The molecule has 2 aliphatic heterocycles. The molecule has 2 N–H and O–H groups in total. The number of benzene rings is 2. The number of likely N-dealkylation sites (tertiary alicyclic amines) is 1. The van der Waals surface area contributed by atoms with Crippen molar-refractivity contribution in [1.29, 1.82) is 0 Å². The quantitative estimate of drug-likeness (QED) is 0.806. The minimum absolute atomic E-state index is 0.0458. The summed E-state index contributed by atoms with van der Waals surface area (Å²) in [4.78, 5) is 27.0. The van der Waals surface area contributed by atoms with Crippen molar-refractivity contribution < 1.29 is 9.59 Å². The topological polar surface area (TPSA) is 61.4 Å². The summed E-state index contributed by atoms with van der Waals surface area (Å²) in [6.07, 6.45) is 2.13. The monoisotopic (exact) mass is 395 g/mol. The van der Waals surface area contributed by atoms with E-state index in [1.807, 2.05) is 29.2 Å². The zero-order valence-electron chi connectivity index (χ0n) is 16.0. The summed E-state index contributed by atoms with van der Waals surface area (Å²) in [6, 6.07) is 13.6. The molecule has 0 spiro atoms. The van der Waals surface area contributed by atoms with Crippen molar-refractivity contribution >= 4 is 35.0 Å². The molecule has 0 saturated carbocycles. The number of rotatable bonds is 5. The number of fused-ring (bicyclic) bond motifs is 1.